The predicted octanol–water partition coefficient (Wildman–Crippen LogP) is 1.22. The summed E-state index contributed by atoms with van der Waals surface area (Å²) in [7, 11) is 0. The van der Waals surface area contributed by atoms with Gasteiger partial charge in [-0.15, -0.1) is 5.10 Å². The lowest BCUT2D eigenvalue weighted by molar-refractivity contribution is -0.135. The molecule has 1 saturated heterocycles. The van der Waals surface area contributed by atoms with Gasteiger partial charge in [-0.05, 0) is 12.8 Å². The zero-order chi connectivity index (χ0) is 13.2. The van der Waals surface area contributed by atoms with Gasteiger partial charge in [-0.25, -0.2) is 0 Å². The lowest BCUT2D eigenvalue weighted by atomic mass is 10.1. The van der Waals surface area contributed by atoms with Gasteiger partial charge in [0.2, 0.25) is 11.8 Å². The fourth-order valence-electron chi connectivity index (χ4n) is 2.96. The Bertz CT molecular complexity index is 445. The highest BCUT2D eigenvalue weighted by molar-refractivity contribution is 5.79. The van der Waals surface area contributed by atoms with Crippen LogP contribution in [0.25, 0.3) is 0 Å². The molecule has 104 valence electrons. The minimum absolute atomic E-state index is 0.275. The van der Waals surface area contributed by atoms with Crippen molar-refractivity contribution >= 4 is 11.9 Å². The molecule has 2 fully saturated rings. The Kier molecular flexibility index (Phi) is 3.40. The second kappa shape index (κ2) is 5.19. The average molecular weight is 264 g/mol. The fraction of sp³-hybridized carbons (Fsp3) is 0.769. The predicted molar refractivity (Wildman–Crippen MR) is 69.8 cm³/mol. The van der Waals surface area contributed by atoms with Gasteiger partial charge in [-0.3, -0.25) is 4.79 Å². The zero-order valence-electron chi connectivity index (χ0n) is 11.3. The van der Waals surface area contributed by atoms with Crippen molar-refractivity contribution in [1.29, 1.82) is 0 Å². The van der Waals surface area contributed by atoms with Gasteiger partial charge >= 0.3 is 6.01 Å². The number of carbonyl (C=O) groups excluding carboxylic acids is 1. The Morgan fingerprint density at radius 1 is 1.16 bits per heavy atom. The van der Waals surface area contributed by atoms with Gasteiger partial charge in [0.05, 0.1) is 0 Å². The normalized spacial score (nSPS) is 21.1. The third kappa shape index (κ3) is 2.57. The molecular formula is C13H20N4O2. The van der Waals surface area contributed by atoms with E-state index < -0.39 is 0 Å². The molecule has 1 aliphatic carbocycles. The first-order valence-electron chi connectivity index (χ1n) is 7.08. The van der Waals surface area contributed by atoms with Crippen molar-refractivity contribution in [3.8, 4) is 0 Å². The zero-order valence-corrected chi connectivity index (χ0v) is 11.3. The van der Waals surface area contributed by atoms with E-state index in [1.165, 1.54) is 12.8 Å². The van der Waals surface area contributed by atoms with Crippen LogP contribution in [0, 0.1) is 12.8 Å². The molecule has 1 aromatic rings. The molecule has 2 aliphatic rings. The molecule has 1 aromatic heterocycles. The van der Waals surface area contributed by atoms with Crippen LogP contribution in [0.1, 0.15) is 31.6 Å². The van der Waals surface area contributed by atoms with Crippen molar-refractivity contribution in [2.24, 2.45) is 5.92 Å². The van der Waals surface area contributed by atoms with Crippen molar-refractivity contribution in [2.75, 3.05) is 31.1 Å². The van der Waals surface area contributed by atoms with E-state index in [1.807, 2.05) is 4.90 Å². The Balaban J connectivity index is 1.55. The maximum absolute atomic E-state index is 12.3. The standard InChI is InChI=1S/C13H20N4O2/c1-10-14-15-13(19-10)17-8-6-16(7-9-17)12(18)11-4-2-3-5-11/h11H,2-9H2,1H3. The minimum Gasteiger partial charge on any atom is -0.408 e. The summed E-state index contributed by atoms with van der Waals surface area (Å²) in [4.78, 5) is 16.4. The van der Waals surface area contributed by atoms with Gasteiger partial charge in [-0.2, -0.15) is 0 Å². The Labute approximate surface area is 112 Å². The van der Waals surface area contributed by atoms with Gasteiger partial charge in [0.1, 0.15) is 0 Å². The first-order valence-corrected chi connectivity index (χ1v) is 7.08. The summed E-state index contributed by atoms with van der Waals surface area (Å²) in [6, 6.07) is 0.575. The van der Waals surface area contributed by atoms with E-state index in [9.17, 15) is 4.79 Å². The number of anilines is 1. The molecule has 6 heteroatoms. The van der Waals surface area contributed by atoms with Crippen LogP contribution in [0.5, 0.6) is 0 Å². The number of nitrogens with zero attached hydrogens (tertiary/aromatic N) is 4. The van der Waals surface area contributed by atoms with Gasteiger partial charge < -0.3 is 14.2 Å². The molecular weight excluding hydrogens is 244 g/mol. The largest absolute Gasteiger partial charge is 0.408 e. The molecule has 0 N–H and O–H groups in total. The number of rotatable bonds is 2. The van der Waals surface area contributed by atoms with Crippen LogP contribution in [0.15, 0.2) is 4.42 Å². The topological polar surface area (TPSA) is 62.5 Å². The summed E-state index contributed by atoms with van der Waals surface area (Å²) < 4.78 is 5.42. The first kappa shape index (κ1) is 12.4. The second-order valence-electron chi connectivity index (χ2n) is 5.40. The van der Waals surface area contributed by atoms with Crippen LogP contribution < -0.4 is 4.90 Å². The number of piperazine rings is 1. The van der Waals surface area contributed by atoms with Gasteiger partial charge in [0, 0.05) is 39.0 Å². The highest BCUT2D eigenvalue weighted by Gasteiger charge is 2.30. The van der Waals surface area contributed by atoms with E-state index in [4.69, 9.17) is 4.42 Å². The van der Waals surface area contributed by atoms with Gasteiger partial charge in [0.15, 0.2) is 0 Å². The molecule has 3 rings (SSSR count). The first-order chi connectivity index (χ1) is 9.24. The molecule has 1 aliphatic heterocycles. The fourth-order valence-corrected chi connectivity index (χ4v) is 2.96. The summed E-state index contributed by atoms with van der Waals surface area (Å²) >= 11 is 0. The van der Waals surface area contributed by atoms with Crippen LogP contribution in [0.3, 0.4) is 0 Å². The lowest BCUT2D eigenvalue weighted by Crippen LogP contribution is -2.50. The number of carbonyl (C=O) groups is 1. The monoisotopic (exact) mass is 264 g/mol. The van der Waals surface area contributed by atoms with E-state index in [1.54, 1.807) is 6.92 Å². The number of amides is 1. The van der Waals surface area contributed by atoms with Crippen molar-refractivity contribution in [3.05, 3.63) is 5.89 Å². The molecule has 0 unspecified atom stereocenters. The summed E-state index contributed by atoms with van der Waals surface area (Å²) in [5.74, 6) is 1.20. The van der Waals surface area contributed by atoms with Crippen LogP contribution in [0.4, 0.5) is 6.01 Å². The van der Waals surface area contributed by atoms with Crippen molar-refractivity contribution < 1.29 is 9.21 Å². The number of aryl methyl sites for hydroxylation is 1. The summed E-state index contributed by atoms with van der Waals surface area (Å²) in [6.07, 6.45) is 4.55. The molecule has 0 radical (unpaired) electrons. The molecule has 0 bridgehead atoms. The second-order valence-corrected chi connectivity index (χ2v) is 5.40. The van der Waals surface area contributed by atoms with Gasteiger partial charge in [-0.1, -0.05) is 17.9 Å². The quantitative estimate of drug-likeness (QED) is 0.803. The van der Waals surface area contributed by atoms with Crippen LogP contribution in [-0.2, 0) is 4.79 Å². The molecule has 0 spiro atoms. The summed E-state index contributed by atoms with van der Waals surface area (Å²) in [6.45, 7) is 4.87. The molecule has 19 heavy (non-hydrogen) atoms. The van der Waals surface area contributed by atoms with Crippen molar-refractivity contribution in [1.82, 2.24) is 15.1 Å². The third-order valence-corrected chi connectivity index (χ3v) is 4.08. The van der Waals surface area contributed by atoms with Crippen molar-refractivity contribution in [3.63, 3.8) is 0 Å². The number of hydrogen-bond acceptors (Lipinski definition) is 5. The molecule has 1 amide bonds. The third-order valence-electron chi connectivity index (χ3n) is 4.08. The van der Waals surface area contributed by atoms with E-state index in [0.717, 1.165) is 39.0 Å². The minimum atomic E-state index is 0.275. The highest BCUT2D eigenvalue weighted by Crippen LogP contribution is 2.27. The number of aromatic nitrogens is 2. The maximum Gasteiger partial charge on any atom is 0.318 e. The summed E-state index contributed by atoms with van der Waals surface area (Å²) in [5.41, 5.74) is 0. The highest BCUT2D eigenvalue weighted by atomic mass is 16.4. The Morgan fingerprint density at radius 3 is 2.42 bits per heavy atom. The van der Waals surface area contributed by atoms with Crippen molar-refractivity contribution in [2.45, 2.75) is 32.6 Å². The SMILES string of the molecule is Cc1nnc(N2CCN(C(=O)C3CCCC3)CC2)o1. The maximum atomic E-state index is 12.3. The average Bonchev–Trinajstić information content (AvgIpc) is 3.09. The summed E-state index contributed by atoms with van der Waals surface area (Å²) in [5, 5.41) is 7.86. The van der Waals surface area contributed by atoms with Crippen LogP contribution in [-0.4, -0.2) is 47.2 Å². The van der Waals surface area contributed by atoms with E-state index in [0.29, 0.717) is 17.8 Å². The Hall–Kier alpha value is -1.59. The Morgan fingerprint density at radius 2 is 1.84 bits per heavy atom. The molecule has 1 saturated carbocycles. The molecule has 6 nitrogen and oxygen atoms in total. The molecule has 2 heterocycles. The van der Waals surface area contributed by atoms with E-state index in [2.05, 4.69) is 15.1 Å². The van der Waals surface area contributed by atoms with Crippen LogP contribution in [0.2, 0.25) is 0 Å². The van der Waals surface area contributed by atoms with Crippen LogP contribution >= 0.6 is 0 Å². The van der Waals surface area contributed by atoms with E-state index >= 15 is 0 Å². The van der Waals surface area contributed by atoms with Gasteiger partial charge in [0.25, 0.3) is 0 Å². The van der Waals surface area contributed by atoms with E-state index in [-0.39, 0.29) is 5.92 Å². The lowest BCUT2D eigenvalue weighted by Gasteiger charge is -2.34. The molecule has 0 aromatic carbocycles. The number of hydrogen-bond donors (Lipinski definition) is 0. The molecule has 0 atom stereocenters. The smallest absolute Gasteiger partial charge is 0.318 e.